The van der Waals surface area contributed by atoms with Crippen LogP contribution >= 0.6 is 0 Å². The standard InChI is InChI=1S/C26H30FN5O5/c1-15-12-32(16(2)11-31(15)13-17-6-8-18(27)9-7-17)26(35)20-10-19-21(22(33)24(34)29-37-5)14-30(3)23(19)28-25(20)36-4/h6-10,14-16H,11-13H2,1-5H3,(H,29,34)/t15-,16+/m0/s1. The summed E-state index contributed by atoms with van der Waals surface area (Å²) in [6, 6.07) is 7.89. The fraction of sp³-hybridized carbons (Fsp3) is 0.385. The van der Waals surface area contributed by atoms with Crippen molar-refractivity contribution in [1.29, 1.82) is 0 Å². The average Bonchev–Trinajstić information content (AvgIpc) is 3.21. The number of piperazine rings is 1. The molecule has 11 heteroatoms. The SMILES string of the molecule is CONC(=O)C(=O)c1cn(C)c2nc(OC)c(C(=O)N3C[C@H](C)N(Cc4ccc(F)cc4)C[C@H]3C)cc12. The summed E-state index contributed by atoms with van der Waals surface area (Å²) in [6.07, 6.45) is 1.49. The van der Waals surface area contributed by atoms with Gasteiger partial charge in [0.2, 0.25) is 5.88 Å². The number of halogens is 1. The van der Waals surface area contributed by atoms with E-state index in [1.165, 1.54) is 32.5 Å². The predicted octanol–water partition coefficient (Wildman–Crippen LogP) is 2.32. The number of hydrogen-bond donors (Lipinski definition) is 1. The fourth-order valence-corrected chi connectivity index (χ4v) is 4.71. The number of carbonyl (C=O) groups excluding carboxylic acids is 3. The fourth-order valence-electron chi connectivity index (χ4n) is 4.71. The number of aryl methyl sites for hydroxylation is 1. The number of aromatic nitrogens is 2. The first-order chi connectivity index (χ1) is 17.6. The quantitative estimate of drug-likeness (QED) is 0.295. The van der Waals surface area contributed by atoms with E-state index in [0.29, 0.717) is 30.7 Å². The van der Waals surface area contributed by atoms with Crippen LogP contribution in [0.25, 0.3) is 11.0 Å². The van der Waals surface area contributed by atoms with Crippen molar-refractivity contribution in [3.05, 3.63) is 59.0 Å². The average molecular weight is 512 g/mol. The first kappa shape index (κ1) is 26.2. The lowest BCUT2D eigenvalue weighted by Gasteiger charge is -2.44. The minimum absolute atomic E-state index is 0.0412. The van der Waals surface area contributed by atoms with Crippen LogP contribution in [0.1, 0.15) is 40.1 Å². The van der Waals surface area contributed by atoms with Crippen molar-refractivity contribution in [3.63, 3.8) is 0 Å². The third-order valence-electron chi connectivity index (χ3n) is 6.66. The summed E-state index contributed by atoms with van der Waals surface area (Å²) in [5, 5.41) is 0.360. The smallest absolute Gasteiger partial charge is 0.315 e. The summed E-state index contributed by atoms with van der Waals surface area (Å²) < 4.78 is 20.3. The Kier molecular flexibility index (Phi) is 7.55. The Bertz CT molecular complexity index is 1340. The number of amides is 2. The molecule has 1 fully saturated rings. The van der Waals surface area contributed by atoms with E-state index in [0.717, 1.165) is 5.56 Å². The third-order valence-corrected chi connectivity index (χ3v) is 6.66. The Morgan fingerprint density at radius 2 is 1.78 bits per heavy atom. The Morgan fingerprint density at radius 3 is 2.43 bits per heavy atom. The molecule has 1 aliphatic heterocycles. The summed E-state index contributed by atoms with van der Waals surface area (Å²) in [6.45, 7) is 5.72. The van der Waals surface area contributed by atoms with Gasteiger partial charge in [-0.05, 0) is 37.6 Å². The highest BCUT2D eigenvalue weighted by atomic mass is 19.1. The van der Waals surface area contributed by atoms with Gasteiger partial charge in [-0.3, -0.25) is 24.1 Å². The zero-order chi connectivity index (χ0) is 26.9. The Morgan fingerprint density at radius 1 is 1.08 bits per heavy atom. The molecule has 196 valence electrons. The van der Waals surface area contributed by atoms with Crippen molar-refractivity contribution < 1.29 is 28.3 Å². The molecule has 1 N–H and O–H groups in total. The van der Waals surface area contributed by atoms with E-state index in [2.05, 4.69) is 14.7 Å². The molecule has 0 radical (unpaired) electrons. The summed E-state index contributed by atoms with van der Waals surface area (Å²) in [4.78, 5) is 51.6. The number of ketones is 1. The number of fused-ring (bicyclic) bond motifs is 1. The summed E-state index contributed by atoms with van der Waals surface area (Å²) in [5.74, 6) is -2.17. The molecule has 2 aromatic heterocycles. The van der Waals surface area contributed by atoms with Gasteiger partial charge in [0.15, 0.2) is 0 Å². The molecule has 1 aliphatic rings. The number of nitrogens with zero attached hydrogens (tertiary/aromatic N) is 4. The van der Waals surface area contributed by atoms with Crippen molar-refractivity contribution in [2.24, 2.45) is 7.05 Å². The number of hydroxylamine groups is 1. The molecule has 0 aliphatic carbocycles. The highest BCUT2D eigenvalue weighted by molar-refractivity contribution is 6.44. The van der Waals surface area contributed by atoms with Crippen LogP contribution in [0, 0.1) is 5.82 Å². The van der Waals surface area contributed by atoms with E-state index in [4.69, 9.17) is 4.74 Å². The Balaban J connectivity index is 1.62. The molecule has 0 unspecified atom stereocenters. The molecule has 1 aromatic carbocycles. The number of nitrogens with one attached hydrogen (secondary N) is 1. The normalized spacial score (nSPS) is 18.2. The molecule has 3 heterocycles. The molecule has 1 saturated heterocycles. The van der Waals surface area contributed by atoms with Gasteiger partial charge in [-0.25, -0.2) is 9.87 Å². The van der Waals surface area contributed by atoms with Gasteiger partial charge in [-0.1, -0.05) is 12.1 Å². The van der Waals surface area contributed by atoms with Gasteiger partial charge in [0.05, 0.1) is 19.8 Å². The van der Waals surface area contributed by atoms with Gasteiger partial charge in [-0.2, -0.15) is 4.98 Å². The molecule has 0 spiro atoms. The minimum Gasteiger partial charge on any atom is -0.480 e. The van der Waals surface area contributed by atoms with Crippen LogP contribution in [-0.2, 0) is 23.2 Å². The van der Waals surface area contributed by atoms with E-state index < -0.39 is 11.7 Å². The monoisotopic (exact) mass is 511 g/mol. The third kappa shape index (κ3) is 5.18. The number of methoxy groups -OCH3 is 1. The van der Waals surface area contributed by atoms with Crippen molar-refractivity contribution in [3.8, 4) is 5.88 Å². The van der Waals surface area contributed by atoms with E-state index in [1.807, 2.05) is 19.3 Å². The number of ether oxygens (including phenoxy) is 1. The van der Waals surface area contributed by atoms with Crippen molar-refractivity contribution >= 4 is 28.6 Å². The number of hydrogen-bond acceptors (Lipinski definition) is 7. The van der Waals surface area contributed by atoms with Gasteiger partial charge in [-0.15, -0.1) is 0 Å². The highest BCUT2D eigenvalue weighted by Gasteiger charge is 2.34. The first-order valence-electron chi connectivity index (χ1n) is 11.9. The van der Waals surface area contributed by atoms with Crippen LogP contribution in [0.4, 0.5) is 4.39 Å². The van der Waals surface area contributed by atoms with Crippen LogP contribution in [0.3, 0.4) is 0 Å². The summed E-state index contributed by atoms with van der Waals surface area (Å²) >= 11 is 0. The van der Waals surface area contributed by atoms with Crippen molar-refractivity contribution in [1.82, 2.24) is 24.8 Å². The molecule has 2 amide bonds. The summed E-state index contributed by atoms with van der Waals surface area (Å²) in [7, 11) is 4.35. The second kappa shape index (κ2) is 10.7. The van der Waals surface area contributed by atoms with Crippen molar-refractivity contribution in [2.45, 2.75) is 32.5 Å². The molecular weight excluding hydrogens is 481 g/mol. The van der Waals surface area contributed by atoms with Gasteiger partial charge in [0.25, 0.3) is 11.7 Å². The maximum atomic E-state index is 13.8. The minimum atomic E-state index is -0.932. The molecule has 0 saturated carbocycles. The second-order valence-electron chi connectivity index (χ2n) is 9.25. The molecular formula is C26H30FN5O5. The number of pyridine rings is 1. The van der Waals surface area contributed by atoms with Gasteiger partial charge in [0, 0.05) is 50.3 Å². The largest absolute Gasteiger partial charge is 0.480 e. The molecule has 0 bridgehead atoms. The van der Waals surface area contributed by atoms with Crippen LogP contribution < -0.4 is 10.2 Å². The number of benzene rings is 1. The molecule has 4 rings (SSSR count). The lowest BCUT2D eigenvalue weighted by molar-refractivity contribution is -0.126. The van der Waals surface area contributed by atoms with E-state index in [1.54, 1.807) is 34.7 Å². The Labute approximate surface area is 213 Å². The number of rotatable bonds is 7. The van der Waals surface area contributed by atoms with Crippen LogP contribution in [0.15, 0.2) is 36.5 Å². The van der Waals surface area contributed by atoms with E-state index >= 15 is 0 Å². The maximum Gasteiger partial charge on any atom is 0.315 e. The number of carbonyl (C=O) groups is 3. The lowest BCUT2D eigenvalue weighted by Crippen LogP contribution is -2.57. The first-order valence-corrected chi connectivity index (χ1v) is 11.9. The topological polar surface area (TPSA) is 106 Å². The maximum absolute atomic E-state index is 13.8. The van der Waals surface area contributed by atoms with Crippen LogP contribution in [0.5, 0.6) is 5.88 Å². The van der Waals surface area contributed by atoms with E-state index in [9.17, 15) is 18.8 Å². The molecule has 3 aromatic rings. The molecule has 10 nitrogen and oxygen atoms in total. The zero-order valence-corrected chi connectivity index (χ0v) is 21.4. The molecule has 37 heavy (non-hydrogen) atoms. The highest BCUT2D eigenvalue weighted by Crippen LogP contribution is 2.29. The number of Topliss-reactive ketones (excluding diaryl/α,β-unsaturated/α-hetero) is 1. The van der Waals surface area contributed by atoms with Gasteiger partial charge < -0.3 is 14.2 Å². The zero-order valence-electron chi connectivity index (χ0n) is 21.4. The van der Waals surface area contributed by atoms with E-state index in [-0.39, 0.29) is 40.8 Å². The Hall–Kier alpha value is -3.83. The summed E-state index contributed by atoms with van der Waals surface area (Å²) in [5.41, 5.74) is 3.72. The van der Waals surface area contributed by atoms with Gasteiger partial charge >= 0.3 is 5.91 Å². The van der Waals surface area contributed by atoms with Crippen molar-refractivity contribution in [2.75, 3.05) is 27.3 Å². The van der Waals surface area contributed by atoms with Crippen LogP contribution in [0.2, 0.25) is 0 Å². The molecule has 2 atom stereocenters. The van der Waals surface area contributed by atoms with Crippen LogP contribution in [-0.4, -0.2) is 76.3 Å². The lowest BCUT2D eigenvalue weighted by atomic mass is 10.0. The second-order valence-corrected chi connectivity index (χ2v) is 9.25. The predicted molar refractivity (Wildman–Crippen MR) is 134 cm³/mol. The van der Waals surface area contributed by atoms with Gasteiger partial charge in [0.1, 0.15) is 17.0 Å².